The summed E-state index contributed by atoms with van der Waals surface area (Å²) in [5.41, 5.74) is 0.0500. The topological polar surface area (TPSA) is 122 Å². The Labute approximate surface area is 174 Å². The number of nitro benzene ring substituents is 1. The number of methoxy groups -OCH3 is 1. The van der Waals surface area contributed by atoms with Crippen molar-refractivity contribution < 1.29 is 22.9 Å². The van der Waals surface area contributed by atoms with Crippen LogP contribution in [-0.4, -0.2) is 68.8 Å². The number of hydrogen-bond donors (Lipinski definition) is 1. The molecule has 2 aromatic rings. The molecule has 1 amide bonds. The highest BCUT2D eigenvalue weighted by molar-refractivity contribution is 7.89. The molecule has 0 aliphatic carbocycles. The van der Waals surface area contributed by atoms with Gasteiger partial charge in [-0.25, -0.2) is 8.42 Å². The zero-order chi connectivity index (χ0) is 21.9. The molecule has 1 aliphatic rings. The van der Waals surface area contributed by atoms with Crippen LogP contribution >= 0.6 is 0 Å². The molecule has 3 rings (SSSR count). The lowest BCUT2D eigenvalue weighted by Crippen LogP contribution is -2.47. The molecular formula is C19H22N4O6S. The van der Waals surface area contributed by atoms with Gasteiger partial charge in [0.2, 0.25) is 10.0 Å². The number of carbonyl (C=O) groups is 1. The molecule has 0 spiro atoms. The number of non-ortho nitro benzene ring substituents is 1. The van der Waals surface area contributed by atoms with E-state index in [1.54, 1.807) is 0 Å². The number of nitrogens with zero attached hydrogens (tertiary/aromatic N) is 3. The molecule has 11 heteroatoms. The van der Waals surface area contributed by atoms with E-state index in [2.05, 4.69) is 5.32 Å². The van der Waals surface area contributed by atoms with Gasteiger partial charge in [0.05, 0.1) is 22.5 Å². The highest BCUT2D eigenvalue weighted by Gasteiger charge is 2.29. The fraction of sp³-hybridized carbons (Fsp3) is 0.316. The minimum atomic E-state index is -3.78. The molecule has 1 N–H and O–H groups in total. The summed E-state index contributed by atoms with van der Waals surface area (Å²) in [4.78, 5) is 25.2. The van der Waals surface area contributed by atoms with Crippen LogP contribution < -0.4 is 10.1 Å². The van der Waals surface area contributed by atoms with E-state index >= 15 is 0 Å². The number of hydrogen-bond acceptors (Lipinski definition) is 7. The molecule has 1 saturated heterocycles. The van der Waals surface area contributed by atoms with Crippen LogP contribution in [0.15, 0.2) is 47.4 Å². The third kappa shape index (κ3) is 4.58. The quantitative estimate of drug-likeness (QED) is 0.543. The summed E-state index contributed by atoms with van der Waals surface area (Å²) in [6.45, 7) is 1.96. The Balaban J connectivity index is 1.90. The Bertz CT molecular complexity index is 1060. The fourth-order valence-electron chi connectivity index (χ4n) is 3.10. The summed E-state index contributed by atoms with van der Waals surface area (Å²) in [6, 6.07) is 9.55. The lowest BCUT2D eigenvalue weighted by molar-refractivity contribution is -0.384. The van der Waals surface area contributed by atoms with E-state index in [1.807, 2.05) is 11.9 Å². The Morgan fingerprint density at radius 2 is 1.83 bits per heavy atom. The molecule has 0 aromatic heterocycles. The standard InChI is InChI=1S/C19H22N4O6S/c1-21-8-10-22(11-9-21)30(27,28)16-6-7-18(29-2)17(13-16)19(24)20-14-4-3-5-15(12-14)23(25)26/h3-7,12-13H,8-11H2,1-2H3,(H,20,24). The third-order valence-corrected chi connectivity index (χ3v) is 6.73. The monoisotopic (exact) mass is 434 g/mol. The van der Waals surface area contributed by atoms with Crippen molar-refractivity contribution in [1.82, 2.24) is 9.21 Å². The average Bonchev–Trinajstić information content (AvgIpc) is 2.73. The summed E-state index contributed by atoms with van der Waals surface area (Å²) in [6.07, 6.45) is 0. The van der Waals surface area contributed by atoms with Crippen LogP contribution in [0.3, 0.4) is 0 Å². The van der Waals surface area contributed by atoms with Crippen LogP contribution in [0.1, 0.15) is 10.4 Å². The van der Waals surface area contributed by atoms with Gasteiger partial charge in [0, 0.05) is 44.0 Å². The largest absolute Gasteiger partial charge is 0.496 e. The number of sulfonamides is 1. The van der Waals surface area contributed by atoms with E-state index in [4.69, 9.17) is 4.74 Å². The lowest BCUT2D eigenvalue weighted by atomic mass is 10.1. The number of ether oxygens (including phenoxy) is 1. The Morgan fingerprint density at radius 3 is 2.47 bits per heavy atom. The Kier molecular flexibility index (Phi) is 6.34. The van der Waals surface area contributed by atoms with Gasteiger partial charge >= 0.3 is 0 Å². The minimum absolute atomic E-state index is 0.0132. The number of benzene rings is 2. The van der Waals surface area contributed by atoms with Crippen molar-refractivity contribution in [2.45, 2.75) is 4.90 Å². The van der Waals surface area contributed by atoms with E-state index in [0.29, 0.717) is 26.2 Å². The molecule has 30 heavy (non-hydrogen) atoms. The van der Waals surface area contributed by atoms with E-state index in [9.17, 15) is 23.3 Å². The van der Waals surface area contributed by atoms with Crippen molar-refractivity contribution >= 4 is 27.3 Å². The summed E-state index contributed by atoms with van der Waals surface area (Å²) < 4.78 is 32.6. The zero-order valence-electron chi connectivity index (χ0n) is 16.6. The van der Waals surface area contributed by atoms with Crippen LogP contribution in [0, 0.1) is 10.1 Å². The number of piperazine rings is 1. The van der Waals surface area contributed by atoms with Gasteiger partial charge in [0.1, 0.15) is 5.75 Å². The molecule has 0 atom stereocenters. The van der Waals surface area contributed by atoms with Gasteiger partial charge in [0.15, 0.2) is 0 Å². The summed E-state index contributed by atoms with van der Waals surface area (Å²) in [5, 5.41) is 13.5. The lowest BCUT2D eigenvalue weighted by Gasteiger charge is -2.31. The second-order valence-electron chi connectivity index (χ2n) is 6.83. The summed E-state index contributed by atoms with van der Waals surface area (Å²) in [5.74, 6) is -0.446. The maximum Gasteiger partial charge on any atom is 0.271 e. The number of nitro groups is 1. The summed E-state index contributed by atoms with van der Waals surface area (Å²) in [7, 11) is -0.482. The summed E-state index contributed by atoms with van der Waals surface area (Å²) >= 11 is 0. The number of amides is 1. The Hall–Kier alpha value is -3.02. The van der Waals surface area contributed by atoms with E-state index < -0.39 is 20.9 Å². The normalized spacial score (nSPS) is 15.5. The van der Waals surface area contributed by atoms with Crippen LogP contribution in [0.4, 0.5) is 11.4 Å². The molecule has 0 radical (unpaired) electrons. The minimum Gasteiger partial charge on any atom is -0.496 e. The van der Waals surface area contributed by atoms with E-state index in [0.717, 1.165) is 0 Å². The first-order valence-corrected chi connectivity index (χ1v) is 10.6. The van der Waals surface area contributed by atoms with E-state index in [1.165, 1.54) is 53.9 Å². The van der Waals surface area contributed by atoms with Gasteiger partial charge in [-0.05, 0) is 31.3 Å². The number of anilines is 1. The molecule has 1 fully saturated rings. The number of carbonyl (C=O) groups excluding carboxylic acids is 1. The zero-order valence-corrected chi connectivity index (χ0v) is 17.4. The molecule has 0 unspecified atom stereocenters. The maximum atomic E-state index is 13.0. The van der Waals surface area contributed by atoms with Crippen LogP contribution in [0.5, 0.6) is 5.75 Å². The van der Waals surface area contributed by atoms with Crippen molar-refractivity contribution in [2.75, 3.05) is 45.7 Å². The second kappa shape index (κ2) is 8.78. The highest BCUT2D eigenvalue weighted by atomic mass is 32.2. The SMILES string of the molecule is COc1ccc(S(=O)(=O)N2CCN(C)CC2)cc1C(=O)Nc1cccc([N+](=O)[O-])c1. The van der Waals surface area contributed by atoms with Gasteiger partial charge in [-0.1, -0.05) is 6.07 Å². The van der Waals surface area contributed by atoms with Crippen LogP contribution in [0.25, 0.3) is 0 Å². The van der Waals surface area contributed by atoms with Gasteiger partial charge in [0.25, 0.3) is 11.6 Å². The Morgan fingerprint density at radius 1 is 1.13 bits per heavy atom. The van der Waals surface area contributed by atoms with Gasteiger partial charge in [-0.15, -0.1) is 0 Å². The predicted molar refractivity (Wildman–Crippen MR) is 110 cm³/mol. The number of likely N-dealkylation sites (N-methyl/N-ethyl adjacent to an activating group) is 1. The van der Waals surface area contributed by atoms with Crippen molar-refractivity contribution in [2.24, 2.45) is 0 Å². The predicted octanol–water partition coefficient (Wildman–Crippen LogP) is 1.79. The molecular weight excluding hydrogens is 412 g/mol. The maximum absolute atomic E-state index is 13.0. The van der Waals surface area contributed by atoms with Crippen molar-refractivity contribution in [3.8, 4) is 5.75 Å². The number of rotatable bonds is 6. The molecule has 1 aliphatic heterocycles. The first kappa shape index (κ1) is 21.7. The van der Waals surface area contributed by atoms with Gasteiger partial charge in [-0.2, -0.15) is 4.31 Å². The van der Waals surface area contributed by atoms with Crippen LogP contribution in [-0.2, 0) is 10.0 Å². The van der Waals surface area contributed by atoms with Crippen molar-refractivity contribution in [1.29, 1.82) is 0 Å². The van der Waals surface area contributed by atoms with Gasteiger partial charge in [-0.3, -0.25) is 14.9 Å². The molecule has 160 valence electrons. The molecule has 2 aromatic carbocycles. The first-order valence-electron chi connectivity index (χ1n) is 9.15. The van der Waals surface area contributed by atoms with Crippen molar-refractivity contribution in [3.05, 3.63) is 58.1 Å². The fourth-order valence-corrected chi connectivity index (χ4v) is 4.55. The smallest absolute Gasteiger partial charge is 0.271 e. The number of nitrogens with one attached hydrogen (secondary N) is 1. The average molecular weight is 434 g/mol. The first-order chi connectivity index (χ1) is 14.2. The molecule has 10 nitrogen and oxygen atoms in total. The molecule has 0 saturated carbocycles. The third-order valence-electron chi connectivity index (χ3n) is 4.83. The molecule has 1 heterocycles. The van der Waals surface area contributed by atoms with E-state index in [-0.39, 0.29) is 27.6 Å². The van der Waals surface area contributed by atoms with Crippen LogP contribution in [0.2, 0.25) is 0 Å². The van der Waals surface area contributed by atoms with Gasteiger partial charge < -0.3 is 15.0 Å². The molecule has 0 bridgehead atoms. The second-order valence-corrected chi connectivity index (χ2v) is 8.77. The highest BCUT2D eigenvalue weighted by Crippen LogP contribution is 2.26. The van der Waals surface area contributed by atoms with Crippen molar-refractivity contribution in [3.63, 3.8) is 0 Å².